The van der Waals surface area contributed by atoms with Gasteiger partial charge in [-0.15, -0.1) is 5.92 Å². The number of carboxylic acid groups (broad SMARTS) is 1. The van der Waals surface area contributed by atoms with Crippen LogP contribution in [-0.4, -0.2) is 23.5 Å². The van der Waals surface area contributed by atoms with Crippen molar-refractivity contribution >= 4 is 11.9 Å². The number of carbonyl (C=O) groups is 2. The molecule has 0 aliphatic rings. The van der Waals surface area contributed by atoms with Gasteiger partial charge in [-0.2, -0.15) is 0 Å². The Kier molecular flexibility index (Phi) is 4.86. The van der Waals surface area contributed by atoms with Gasteiger partial charge in [0, 0.05) is 0 Å². The van der Waals surface area contributed by atoms with Gasteiger partial charge in [0.2, 0.25) is 5.91 Å². The number of rotatable bonds is 3. The maximum atomic E-state index is 11.5. The average Bonchev–Trinajstić information content (AvgIpc) is 2.00. The molecule has 0 fully saturated rings. The summed E-state index contributed by atoms with van der Waals surface area (Å²) in [6.07, 6.45) is 0. The van der Waals surface area contributed by atoms with Crippen LogP contribution in [0.2, 0.25) is 0 Å². The summed E-state index contributed by atoms with van der Waals surface area (Å²) in [4.78, 5) is 22.5. The molecule has 4 heteroatoms. The van der Waals surface area contributed by atoms with Crippen molar-refractivity contribution in [3.63, 3.8) is 0 Å². The molecule has 4 nitrogen and oxygen atoms in total. The van der Waals surface area contributed by atoms with E-state index in [0.29, 0.717) is 0 Å². The second-order valence-electron chi connectivity index (χ2n) is 4.28. The summed E-state index contributed by atoms with van der Waals surface area (Å²) < 4.78 is 0. The Balaban J connectivity index is 4.56. The summed E-state index contributed by atoms with van der Waals surface area (Å²) in [6.45, 7) is 7.00. The zero-order chi connectivity index (χ0) is 12.1. The quantitative estimate of drug-likeness (QED) is 0.537. The Morgan fingerprint density at radius 2 is 1.93 bits per heavy atom. The van der Waals surface area contributed by atoms with Gasteiger partial charge in [0.1, 0.15) is 5.92 Å². The molecular formula is C11H17NO3. The van der Waals surface area contributed by atoms with Crippen molar-refractivity contribution in [3.8, 4) is 11.8 Å². The van der Waals surface area contributed by atoms with Crippen LogP contribution < -0.4 is 5.32 Å². The van der Waals surface area contributed by atoms with Gasteiger partial charge < -0.3 is 10.4 Å². The molecule has 0 spiro atoms. The van der Waals surface area contributed by atoms with Crippen molar-refractivity contribution in [1.82, 2.24) is 5.32 Å². The summed E-state index contributed by atoms with van der Waals surface area (Å²) in [6, 6.07) is 0. The molecule has 0 saturated heterocycles. The van der Waals surface area contributed by atoms with Crippen molar-refractivity contribution in [2.24, 2.45) is 11.3 Å². The smallest absolute Gasteiger partial charge is 0.316 e. The molecule has 0 aromatic carbocycles. The van der Waals surface area contributed by atoms with E-state index in [-0.39, 0.29) is 6.54 Å². The van der Waals surface area contributed by atoms with Gasteiger partial charge >= 0.3 is 5.97 Å². The maximum Gasteiger partial charge on any atom is 0.316 e. The highest BCUT2D eigenvalue weighted by molar-refractivity contribution is 5.97. The van der Waals surface area contributed by atoms with Gasteiger partial charge in [-0.05, 0) is 12.3 Å². The minimum Gasteiger partial charge on any atom is -0.481 e. The van der Waals surface area contributed by atoms with E-state index in [2.05, 4.69) is 17.2 Å². The van der Waals surface area contributed by atoms with Gasteiger partial charge in [-0.3, -0.25) is 9.59 Å². The summed E-state index contributed by atoms with van der Waals surface area (Å²) in [5.41, 5.74) is -0.602. The van der Waals surface area contributed by atoms with Crippen LogP contribution in [0.4, 0.5) is 0 Å². The first-order valence-electron chi connectivity index (χ1n) is 4.70. The second kappa shape index (κ2) is 5.40. The SMILES string of the molecule is CC#CCNC(=O)C(C(=O)O)C(C)(C)C. The second-order valence-corrected chi connectivity index (χ2v) is 4.28. The summed E-state index contributed by atoms with van der Waals surface area (Å²) >= 11 is 0. The van der Waals surface area contributed by atoms with Gasteiger partial charge in [0.25, 0.3) is 0 Å². The van der Waals surface area contributed by atoms with Crippen molar-refractivity contribution in [3.05, 3.63) is 0 Å². The highest BCUT2D eigenvalue weighted by Gasteiger charge is 2.37. The van der Waals surface area contributed by atoms with E-state index in [0.717, 1.165) is 0 Å². The van der Waals surface area contributed by atoms with Crippen molar-refractivity contribution in [2.45, 2.75) is 27.7 Å². The van der Waals surface area contributed by atoms with Gasteiger partial charge in [0.15, 0.2) is 0 Å². The molecular weight excluding hydrogens is 194 g/mol. The topological polar surface area (TPSA) is 66.4 Å². The van der Waals surface area contributed by atoms with Crippen LogP contribution in [0, 0.1) is 23.2 Å². The monoisotopic (exact) mass is 211 g/mol. The molecule has 0 aliphatic carbocycles. The third-order valence-electron chi connectivity index (χ3n) is 1.90. The molecule has 0 aromatic rings. The molecule has 0 radical (unpaired) electrons. The molecule has 0 bridgehead atoms. The predicted octanol–water partition coefficient (Wildman–Crippen LogP) is 0.873. The van der Waals surface area contributed by atoms with E-state index in [9.17, 15) is 9.59 Å². The number of hydrogen-bond acceptors (Lipinski definition) is 2. The number of aliphatic carboxylic acids is 1. The number of carbonyl (C=O) groups excluding carboxylic acids is 1. The predicted molar refractivity (Wildman–Crippen MR) is 57.0 cm³/mol. The zero-order valence-electron chi connectivity index (χ0n) is 9.55. The summed E-state index contributed by atoms with van der Waals surface area (Å²) in [7, 11) is 0. The van der Waals surface area contributed by atoms with Crippen molar-refractivity contribution in [1.29, 1.82) is 0 Å². The van der Waals surface area contributed by atoms with Crippen molar-refractivity contribution in [2.75, 3.05) is 6.54 Å². The van der Waals surface area contributed by atoms with Crippen LogP contribution in [-0.2, 0) is 9.59 Å². The molecule has 0 aliphatic heterocycles. The maximum absolute atomic E-state index is 11.5. The van der Waals surface area contributed by atoms with Crippen LogP contribution >= 0.6 is 0 Å². The van der Waals surface area contributed by atoms with Crippen LogP contribution in [0.5, 0.6) is 0 Å². The number of amides is 1. The van der Waals surface area contributed by atoms with E-state index in [4.69, 9.17) is 5.11 Å². The highest BCUT2D eigenvalue weighted by Crippen LogP contribution is 2.26. The molecule has 15 heavy (non-hydrogen) atoms. The van der Waals surface area contributed by atoms with Crippen LogP contribution in [0.1, 0.15) is 27.7 Å². The van der Waals surface area contributed by atoms with E-state index in [1.165, 1.54) is 0 Å². The highest BCUT2D eigenvalue weighted by atomic mass is 16.4. The Morgan fingerprint density at radius 1 is 1.40 bits per heavy atom. The third-order valence-corrected chi connectivity index (χ3v) is 1.90. The van der Waals surface area contributed by atoms with Crippen LogP contribution in [0.15, 0.2) is 0 Å². The fourth-order valence-corrected chi connectivity index (χ4v) is 1.20. The largest absolute Gasteiger partial charge is 0.481 e. The molecule has 1 amide bonds. The van der Waals surface area contributed by atoms with E-state index < -0.39 is 23.2 Å². The lowest BCUT2D eigenvalue weighted by Crippen LogP contribution is -2.42. The molecule has 1 atom stereocenters. The summed E-state index contributed by atoms with van der Waals surface area (Å²) in [5.74, 6) is 2.63. The number of nitrogens with one attached hydrogen (secondary N) is 1. The molecule has 0 aromatic heterocycles. The first kappa shape index (κ1) is 13.5. The van der Waals surface area contributed by atoms with E-state index in [1.807, 2.05) is 0 Å². The fourth-order valence-electron chi connectivity index (χ4n) is 1.20. The lowest BCUT2D eigenvalue weighted by Gasteiger charge is -2.25. The molecule has 84 valence electrons. The minimum absolute atomic E-state index is 0.190. The standard InChI is InChI=1S/C11H17NO3/c1-5-6-7-12-9(13)8(10(14)15)11(2,3)4/h8H,7H2,1-4H3,(H,12,13)(H,14,15). The van der Waals surface area contributed by atoms with Gasteiger partial charge in [-0.1, -0.05) is 26.7 Å². The minimum atomic E-state index is -1.11. The van der Waals surface area contributed by atoms with E-state index >= 15 is 0 Å². The molecule has 0 rings (SSSR count). The number of hydrogen-bond donors (Lipinski definition) is 2. The Morgan fingerprint density at radius 3 is 2.27 bits per heavy atom. The first-order chi connectivity index (χ1) is 6.80. The zero-order valence-corrected chi connectivity index (χ0v) is 9.55. The third kappa shape index (κ3) is 4.50. The van der Waals surface area contributed by atoms with Gasteiger partial charge in [0.05, 0.1) is 6.54 Å². The number of carboxylic acids is 1. The Bertz CT molecular complexity index is 304. The van der Waals surface area contributed by atoms with Gasteiger partial charge in [-0.25, -0.2) is 0 Å². The van der Waals surface area contributed by atoms with Crippen molar-refractivity contribution < 1.29 is 14.7 Å². The molecule has 0 heterocycles. The fraction of sp³-hybridized carbons (Fsp3) is 0.636. The average molecular weight is 211 g/mol. The summed E-state index contributed by atoms with van der Waals surface area (Å²) in [5, 5.41) is 11.4. The van der Waals surface area contributed by atoms with Crippen LogP contribution in [0.3, 0.4) is 0 Å². The molecule has 1 unspecified atom stereocenters. The normalized spacial score (nSPS) is 12.3. The first-order valence-corrected chi connectivity index (χ1v) is 4.70. The molecule has 0 saturated carbocycles. The Labute approximate surface area is 90.1 Å². The Hall–Kier alpha value is -1.50. The lowest BCUT2D eigenvalue weighted by molar-refractivity contribution is -0.151. The van der Waals surface area contributed by atoms with E-state index in [1.54, 1.807) is 27.7 Å². The lowest BCUT2D eigenvalue weighted by atomic mass is 9.80. The van der Waals surface area contributed by atoms with Crippen LogP contribution in [0.25, 0.3) is 0 Å². The molecule has 2 N–H and O–H groups in total.